The van der Waals surface area contributed by atoms with Gasteiger partial charge in [-0.15, -0.1) is 0 Å². The summed E-state index contributed by atoms with van der Waals surface area (Å²) in [6, 6.07) is 9.13. The van der Waals surface area contributed by atoms with E-state index in [-0.39, 0.29) is 11.2 Å². The van der Waals surface area contributed by atoms with Crippen LogP contribution in [0.25, 0.3) is 22.3 Å². The first-order valence-corrected chi connectivity index (χ1v) is 7.84. The van der Waals surface area contributed by atoms with Crippen molar-refractivity contribution in [3.8, 4) is 28.6 Å². The van der Waals surface area contributed by atoms with Crippen LogP contribution in [0.4, 0.5) is 0 Å². The first-order chi connectivity index (χ1) is 12.0. The molecular weight excluding hydrogens is 320 g/mol. The van der Waals surface area contributed by atoms with Crippen molar-refractivity contribution in [2.24, 2.45) is 0 Å². The molecule has 0 saturated carbocycles. The molecule has 0 radical (unpaired) electrons. The van der Waals surface area contributed by atoms with Gasteiger partial charge in [-0.05, 0) is 49.2 Å². The number of aryl methyl sites for hydroxylation is 2. The number of ether oxygens (including phenoxy) is 3. The van der Waals surface area contributed by atoms with Crippen molar-refractivity contribution in [3.63, 3.8) is 0 Å². The molecule has 0 spiro atoms. The highest BCUT2D eigenvalue weighted by atomic mass is 16.5. The maximum absolute atomic E-state index is 12.9. The molecule has 0 amide bonds. The molecule has 0 saturated heterocycles. The van der Waals surface area contributed by atoms with Gasteiger partial charge in [0.1, 0.15) is 5.58 Å². The molecule has 0 aliphatic heterocycles. The van der Waals surface area contributed by atoms with Gasteiger partial charge in [0.15, 0.2) is 17.3 Å². The molecule has 130 valence electrons. The van der Waals surface area contributed by atoms with Crippen molar-refractivity contribution >= 4 is 11.0 Å². The molecule has 25 heavy (non-hydrogen) atoms. The monoisotopic (exact) mass is 340 g/mol. The van der Waals surface area contributed by atoms with Gasteiger partial charge in [0.2, 0.25) is 11.2 Å². The van der Waals surface area contributed by atoms with Crippen LogP contribution >= 0.6 is 0 Å². The lowest BCUT2D eigenvalue weighted by Gasteiger charge is -2.13. The zero-order valence-corrected chi connectivity index (χ0v) is 14.9. The van der Waals surface area contributed by atoms with Crippen LogP contribution in [0.5, 0.6) is 17.2 Å². The average molecular weight is 340 g/mol. The Balaban J connectivity index is 2.35. The number of benzene rings is 2. The van der Waals surface area contributed by atoms with Gasteiger partial charge in [-0.1, -0.05) is 6.07 Å². The van der Waals surface area contributed by atoms with E-state index in [9.17, 15) is 4.79 Å². The van der Waals surface area contributed by atoms with E-state index in [1.807, 2.05) is 26.0 Å². The SMILES string of the molecule is COc1ccc(-c2oc3cc(C)cc(C)c3c(=O)c2OC)cc1OC. The summed E-state index contributed by atoms with van der Waals surface area (Å²) in [7, 11) is 4.59. The van der Waals surface area contributed by atoms with Crippen LogP contribution in [-0.2, 0) is 0 Å². The fraction of sp³-hybridized carbons (Fsp3) is 0.250. The van der Waals surface area contributed by atoms with Gasteiger partial charge >= 0.3 is 0 Å². The van der Waals surface area contributed by atoms with Gasteiger partial charge in [0.05, 0.1) is 26.7 Å². The highest BCUT2D eigenvalue weighted by Gasteiger charge is 2.19. The molecule has 5 nitrogen and oxygen atoms in total. The van der Waals surface area contributed by atoms with Crippen LogP contribution in [0.1, 0.15) is 11.1 Å². The molecule has 3 rings (SSSR count). The summed E-state index contributed by atoms with van der Waals surface area (Å²) in [6.07, 6.45) is 0. The van der Waals surface area contributed by atoms with Crippen molar-refractivity contribution in [3.05, 3.63) is 51.7 Å². The fourth-order valence-corrected chi connectivity index (χ4v) is 3.03. The summed E-state index contributed by atoms with van der Waals surface area (Å²) in [5, 5.41) is 0.534. The fourth-order valence-electron chi connectivity index (χ4n) is 3.03. The van der Waals surface area contributed by atoms with Gasteiger partial charge in [-0.3, -0.25) is 4.79 Å². The van der Waals surface area contributed by atoms with Crippen molar-refractivity contribution in [2.75, 3.05) is 21.3 Å². The predicted octanol–water partition coefficient (Wildman–Crippen LogP) is 4.10. The Morgan fingerprint density at radius 1 is 0.880 bits per heavy atom. The number of fused-ring (bicyclic) bond motifs is 1. The van der Waals surface area contributed by atoms with E-state index in [1.54, 1.807) is 32.4 Å². The Labute approximate surface area is 145 Å². The molecule has 0 aliphatic rings. The zero-order chi connectivity index (χ0) is 18.1. The molecule has 5 heteroatoms. The Hall–Kier alpha value is -2.95. The second-order valence-corrected chi connectivity index (χ2v) is 5.82. The topological polar surface area (TPSA) is 57.9 Å². The molecule has 0 atom stereocenters. The minimum Gasteiger partial charge on any atom is -0.493 e. The Bertz CT molecular complexity index is 1000. The quantitative estimate of drug-likeness (QED) is 0.715. The number of hydrogen-bond acceptors (Lipinski definition) is 5. The van der Waals surface area contributed by atoms with Gasteiger partial charge in [-0.25, -0.2) is 0 Å². The molecule has 0 fully saturated rings. The van der Waals surface area contributed by atoms with E-state index in [0.29, 0.717) is 33.8 Å². The van der Waals surface area contributed by atoms with E-state index in [1.165, 1.54) is 7.11 Å². The van der Waals surface area contributed by atoms with Crippen molar-refractivity contribution in [1.82, 2.24) is 0 Å². The lowest BCUT2D eigenvalue weighted by molar-refractivity contribution is 0.355. The molecule has 0 aliphatic carbocycles. The van der Waals surface area contributed by atoms with Crippen molar-refractivity contribution in [2.45, 2.75) is 13.8 Å². The normalized spacial score (nSPS) is 10.8. The molecule has 0 bridgehead atoms. The standard InChI is InChI=1S/C20H20O5/c1-11-8-12(2)17-16(9-11)25-19(20(24-5)18(17)21)13-6-7-14(22-3)15(10-13)23-4/h6-10H,1-5H3. The molecule has 0 N–H and O–H groups in total. The molecule has 2 aromatic carbocycles. The summed E-state index contributed by atoms with van der Waals surface area (Å²) < 4.78 is 22.0. The molecule has 1 aromatic heterocycles. The van der Waals surface area contributed by atoms with Gasteiger partial charge in [0.25, 0.3) is 0 Å². The lowest BCUT2D eigenvalue weighted by atomic mass is 10.0. The van der Waals surface area contributed by atoms with E-state index in [0.717, 1.165) is 11.1 Å². The first-order valence-electron chi connectivity index (χ1n) is 7.84. The van der Waals surface area contributed by atoms with Gasteiger partial charge in [-0.2, -0.15) is 0 Å². The molecule has 3 aromatic rings. The summed E-state index contributed by atoms with van der Waals surface area (Å²) >= 11 is 0. The van der Waals surface area contributed by atoms with Crippen LogP contribution in [0.2, 0.25) is 0 Å². The van der Waals surface area contributed by atoms with Crippen LogP contribution in [0.15, 0.2) is 39.5 Å². The summed E-state index contributed by atoms with van der Waals surface area (Å²) in [5.41, 5.74) is 2.91. The summed E-state index contributed by atoms with van der Waals surface area (Å²) in [6.45, 7) is 3.86. The highest BCUT2D eigenvalue weighted by molar-refractivity contribution is 5.85. The zero-order valence-electron chi connectivity index (χ0n) is 14.9. The van der Waals surface area contributed by atoms with Crippen LogP contribution < -0.4 is 19.6 Å². The van der Waals surface area contributed by atoms with E-state index in [2.05, 4.69) is 0 Å². The third-order valence-corrected chi connectivity index (χ3v) is 4.15. The summed E-state index contributed by atoms with van der Waals surface area (Å²) in [4.78, 5) is 12.9. The third kappa shape index (κ3) is 2.82. The maximum atomic E-state index is 12.9. The van der Waals surface area contributed by atoms with E-state index in [4.69, 9.17) is 18.6 Å². The molecule has 1 heterocycles. The summed E-state index contributed by atoms with van der Waals surface area (Å²) in [5.74, 6) is 1.68. The van der Waals surface area contributed by atoms with Gasteiger partial charge in [0, 0.05) is 5.56 Å². The molecular formula is C20H20O5. The van der Waals surface area contributed by atoms with Crippen LogP contribution in [0, 0.1) is 13.8 Å². The van der Waals surface area contributed by atoms with E-state index < -0.39 is 0 Å². The Morgan fingerprint density at radius 2 is 1.60 bits per heavy atom. The number of rotatable bonds is 4. The third-order valence-electron chi connectivity index (χ3n) is 4.15. The van der Waals surface area contributed by atoms with Crippen LogP contribution in [-0.4, -0.2) is 21.3 Å². The Morgan fingerprint density at radius 3 is 2.24 bits per heavy atom. The second-order valence-electron chi connectivity index (χ2n) is 5.82. The van der Waals surface area contributed by atoms with Gasteiger partial charge < -0.3 is 18.6 Å². The van der Waals surface area contributed by atoms with E-state index >= 15 is 0 Å². The highest BCUT2D eigenvalue weighted by Crippen LogP contribution is 2.37. The Kier molecular flexibility index (Phi) is 4.40. The molecule has 0 unspecified atom stereocenters. The first kappa shape index (κ1) is 16.9. The van der Waals surface area contributed by atoms with Crippen molar-refractivity contribution in [1.29, 1.82) is 0 Å². The number of hydrogen-bond donors (Lipinski definition) is 0. The second kappa shape index (κ2) is 6.51. The largest absolute Gasteiger partial charge is 0.493 e. The van der Waals surface area contributed by atoms with Crippen molar-refractivity contribution < 1.29 is 18.6 Å². The predicted molar refractivity (Wildman–Crippen MR) is 97.1 cm³/mol. The number of methoxy groups -OCH3 is 3. The average Bonchev–Trinajstić information content (AvgIpc) is 2.60. The maximum Gasteiger partial charge on any atom is 0.235 e. The van der Waals surface area contributed by atoms with Crippen LogP contribution in [0.3, 0.4) is 0 Å². The lowest BCUT2D eigenvalue weighted by Crippen LogP contribution is -2.09. The minimum absolute atomic E-state index is 0.173. The smallest absolute Gasteiger partial charge is 0.235 e. The minimum atomic E-state index is -0.189.